The number of thioether (sulfide) groups is 1. The fourth-order valence-electron chi connectivity index (χ4n) is 2.57. The summed E-state index contributed by atoms with van der Waals surface area (Å²) in [5.41, 5.74) is 2.30. The van der Waals surface area contributed by atoms with Gasteiger partial charge in [-0.1, -0.05) is 29.5 Å². The number of carbonyl (C=O) groups is 3. The molecule has 0 aliphatic carbocycles. The zero-order valence-electron chi connectivity index (χ0n) is 17.0. The lowest BCUT2D eigenvalue weighted by atomic mass is 10.1. The highest BCUT2D eigenvalue weighted by molar-refractivity contribution is 7.99. The lowest BCUT2D eigenvalue weighted by molar-refractivity contribution is -0.113. The fourth-order valence-corrected chi connectivity index (χ4v) is 3.14. The van der Waals surface area contributed by atoms with Crippen LogP contribution in [0.1, 0.15) is 26.3 Å². The van der Waals surface area contributed by atoms with Gasteiger partial charge in [-0.15, -0.1) is 10.2 Å². The Morgan fingerprint density at radius 1 is 1.00 bits per heavy atom. The van der Waals surface area contributed by atoms with Crippen LogP contribution in [0.5, 0.6) is 0 Å². The molecule has 0 saturated carbocycles. The van der Waals surface area contributed by atoms with Gasteiger partial charge in [-0.3, -0.25) is 4.79 Å². The van der Waals surface area contributed by atoms with E-state index in [2.05, 4.69) is 20.3 Å². The molecule has 0 saturated heterocycles. The number of hydrogen-bond acceptors (Lipinski definition) is 9. The van der Waals surface area contributed by atoms with Crippen molar-refractivity contribution in [1.82, 2.24) is 10.2 Å². The number of methoxy groups -OCH3 is 2. The number of ether oxygens (including phenoxy) is 2. The van der Waals surface area contributed by atoms with Crippen LogP contribution < -0.4 is 5.32 Å². The number of benzene rings is 2. The van der Waals surface area contributed by atoms with Crippen molar-refractivity contribution in [1.29, 1.82) is 0 Å². The largest absolute Gasteiger partial charge is 0.465 e. The first-order valence-electron chi connectivity index (χ1n) is 9.05. The molecule has 3 rings (SSSR count). The van der Waals surface area contributed by atoms with Crippen molar-refractivity contribution >= 4 is 35.3 Å². The summed E-state index contributed by atoms with van der Waals surface area (Å²) in [5, 5.41) is 10.7. The van der Waals surface area contributed by atoms with Crippen molar-refractivity contribution in [2.24, 2.45) is 0 Å². The predicted molar refractivity (Wildman–Crippen MR) is 113 cm³/mol. The van der Waals surface area contributed by atoms with E-state index >= 15 is 0 Å². The van der Waals surface area contributed by atoms with E-state index < -0.39 is 17.8 Å². The minimum absolute atomic E-state index is 0.0569. The first-order chi connectivity index (χ1) is 14.9. The van der Waals surface area contributed by atoms with E-state index in [1.165, 1.54) is 32.4 Å². The van der Waals surface area contributed by atoms with Crippen LogP contribution >= 0.6 is 11.8 Å². The highest BCUT2D eigenvalue weighted by Crippen LogP contribution is 2.24. The minimum Gasteiger partial charge on any atom is -0.465 e. The van der Waals surface area contributed by atoms with Gasteiger partial charge in [0.05, 0.1) is 36.8 Å². The molecule has 10 heteroatoms. The molecule has 0 radical (unpaired) electrons. The van der Waals surface area contributed by atoms with Crippen molar-refractivity contribution < 1.29 is 28.3 Å². The molecule has 0 aliphatic heterocycles. The molecule has 160 valence electrons. The zero-order valence-corrected chi connectivity index (χ0v) is 17.8. The smallest absolute Gasteiger partial charge is 0.339 e. The molecule has 2 aromatic carbocycles. The summed E-state index contributed by atoms with van der Waals surface area (Å²) in [6.45, 7) is 1.98. The molecule has 1 heterocycles. The van der Waals surface area contributed by atoms with Gasteiger partial charge in [0, 0.05) is 5.56 Å². The fraction of sp³-hybridized carbons (Fsp3) is 0.190. The van der Waals surface area contributed by atoms with Gasteiger partial charge in [-0.05, 0) is 37.3 Å². The summed E-state index contributed by atoms with van der Waals surface area (Å²) in [7, 11) is 2.46. The number of aromatic nitrogens is 2. The number of nitrogens with zero attached hydrogens (tertiary/aromatic N) is 2. The van der Waals surface area contributed by atoms with E-state index in [-0.39, 0.29) is 27.8 Å². The SMILES string of the molecule is COC(=O)c1ccc(C(=O)OC)c(NC(=O)CSc2nnc(-c3ccc(C)cc3)o2)c1. The Morgan fingerprint density at radius 3 is 2.39 bits per heavy atom. The molecule has 1 aromatic heterocycles. The van der Waals surface area contributed by atoms with Gasteiger partial charge in [-0.2, -0.15) is 0 Å². The van der Waals surface area contributed by atoms with Gasteiger partial charge in [-0.25, -0.2) is 9.59 Å². The third kappa shape index (κ3) is 5.48. The van der Waals surface area contributed by atoms with Gasteiger partial charge < -0.3 is 19.2 Å². The van der Waals surface area contributed by atoms with Crippen LogP contribution in [0.4, 0.5) is 5.69 Å². The number of nitrogens with one attached hydrogen (secondary N) is 1. The summed E-state index contributed by atoms with van der Waals surface area (Å²) >= 11 is 1.04. The Kier molecular flexibility index (Phi) is 7.03. The molecule has 0 unspecified atom stereocenters. The highest BCUT2D eigenvalue weighted by atomic mass is 32.2. The van der Waals surface area contributed by atoms with Gasteiger partial charge in [0.25, 0.3) is 5.22 Å². The van der Waals surface area contributed by atoms with Gasteiger partial charge in [0.15, 0.2) is 0 Å². The van der Waals surface area contributed by atoms with Crippen LogP contribution in [-0.2, 0) is 14.3 Å². The average molecular weight is 441 g/mol. The molecular weight excluding hydrogens is 422 g/mol. The number of esters is 2. The van der Waals surface area contributed by atoms with Crippen molar-refractivity contribution in [3.8, 4) is 11.5 Å². The molecular formula is C21H19N3O6S. The summed E-state index contributed by atoms with van der Waals surface area (Å²) in [5.74, 6) is -1.40. The normalized spacial score (nSPS) is 10.4. The van der Waals surface area contributed by atoms with E-state index in [1.54, 1.807) is 0 Å². The number of amides is 1. The maximum atomic E-state index is 12.4. The molecule has 0 atom stereocenters. The summed E-state index contributed by atoms with van der Waals surface area (Å²) < 4.78 is 15.0. The Labute approximate surface area is 182 Å². The van der Waals surface area contributed by atoms with Crippen LogP contribution in [0.25, 0.3) is 11.5 Å². The first kappa shape index (κ1) is 22.0. The summed E-state index contributed by atoms with van der Waals surface area (Å²) in [6, 6.07) is 11.7. The third-order valence-electron chi connectivity index (χ3n) is 4.15. The number of anilines is 1. The van der Waals surface area contributed by atoms with Crippen LogP contribution in [0.2, 0.25) is 0 Å². The second kappa shape index (κ2) is 9.90. The van der Waals surface area contributed by atoms with Crippen molar-refractivity contribution in [2.75, 3.05) is 25.3 Å². The molecule has 0 spiro atoms. The van der Waals surface area contributed by atoms with Gasteiger partial charge >= 0.3 is 11.9 Å². The maximum Gasteiger partial charge on any atom is 0.339 e. The first-order valence-corrected chi connectivity index (χ1v) is 10.0. The number of aryl methyl sites for hydroxylation is 1. The van der Waals surface area contributed by atoms with E-state index in [9.17, 15) is 14.4 Å². The van der Waals surface area contributed by atoms with E-state index in [1.807, 2.05) is 31.2 Å². The quantitative estimate of drug-likeness (QED) is 0.434. The Morgan fingerprint density at radius 2 is 1.71 bits per heavy atom. The maximum absolute atomic E-state index is 12.4. The monoisotopic (exact) mass is 441 g/mol. The predicted octanol–water partition coefficient (Wildman–Crippen LogP) is 3.35. The lowest BCUT2D eigenvalue weighted by Crippen LogP contribution is -2.18. The van der Waals surface area contributed by atoms with Gasteiger partial charge in [0.2, 0.25) is 11.8 Å². The Bertz CT molecular complexity index is 1110. The molecule has 0 bridgehead atoms. The summed E-state index contributed by atoms with van der Waals surface area (Å²) in [4.78, 5) is 36.2. The van der Waals surface area contributed by atoms with Crippen molar-refractivity contribution in [3.05, 3.63) is 59.2 Å². The average Bonchev–Trinajstić information content (AvgIpc) is 3.26. The number of carbonyl (C=O) groups excluding carboxylic acids is 3. The summed E-state index contributed by atoms with van der Waals surface area (Å²) in [6.07, 6.45) is 0. The van der Waals surface area contributed by atoms with E-state index in [0.29, 0.717) is 5.89 Å². The minimum atomic E-state index is -0.654. The molecule has 0 fully saturated rings. The third-order valence-corrected chi connectivity index (χ3v) is 4.97. The second-order valence-corrected chi connectivity index (χ2v) is 7.25. The van der Waals surface area contributed by atoms with Gasteiger partial charge in [0.1, 0.15) is 0 Å². The van der Waals surface area contributed by atoms with Crippen LogP contribution in [-0.4, -0.2) is 48.0 Å². The zero-order chi connectivity index (χ0) is 22.4. The molecule has 3 aromatic rings. The molecule has 1 N–H and O–H groups in total. The lowest BCUT2D eigenvalue weighted by Gasteiger charge is -2.11. The highest BCUT2D eigenvalue weighted by Gasteiger charge is 2.18. The topological polar surface area (TPSA) is 121 Å². The Hall–Kier alpha value is -3.66. The molecule has 9 nitrogen and oxygen atoms in total. The molecule has 0 aliphatic rings. The molecule has 31 heavy (non-hydrogen) atoms. The van der Waals surface area contributed by atoms with Crippen LogP contribution in [0.3, 0.4) is 0 Å². The van der Waals surface area contributed by atoms with Crippen molar-refractivity contribution in [2.45, 2.75) is 12.1 Å². The molecule has 1 amide bonds. The number of hydrogen-bond donors (Lipinski definition) is 1. The number of rotatable bonds is 7. The van der Waals surface area contributed by atoms with Crippen molar-refractivity contribution in [3.63, 3.8) is 0 Å². The second-order valence-electron chi connectivity index (χ2n) is 6.32. The van der Waals surface area contributed by atoms with Crippen LogP contribution in [0, 0.1) is 6.92 Å². The van der Waals surface area contributed by atoms with Crippen LogP contribution in [0.15, 0.2) is 52.1 Å². The van der Waals surface area contributed by atoms with E-state index in [0.717, 1.165) is 22.9 Å². The Balaban J connectivity index is 1.68. The van der Waals surface area contributed by atoms with E-state index in [4.69, 9.17) is 9.15 Å². The standard InChI is InChI=1S/C21H19N3O6S/c1-12-4-6-13(7-5-12)18-23-24-21(30-18)31-11-17(25)22-16-10-14(19(26)28-2)8-9-15(16)20(27)29-3/h4-10H,11H2,1-3H3,(H,22,25).